The van der Waals surface area contributed by atoms with Crippen LogP contribution in [0.5, 0.6) is 0 Å². The Balaban J connectivity index is 2.03. The van der Waals surface area contributed by atoms with Gasteiger partial charge in [-0.25, -0.2) is 4.79 Å². The molecule has 0 aromatic carbocycles. The minimum Gasteiger partial charge on any atom is -0.478 e. The number of nitrogens with one attached hydrogen (secondary N) is 2. The zero-order valence-electron chi connectivity index (χ0n) is 10.0. The number of rotatable bonds is 5. The normalized spacial score (nSPS) is 15.8. The number of nitrogens with zero attached hydrogens (tertiary/aromatic N) is 1. The smallest absolute Gasteiger partial charge is 0.337 e. The van der Waals surface area contributed by atoms with Crippen LogP contribution in [0.2, 0.25) is 0 Å². The van der Waals surface area contributed by atoms with Crippen LogP contribution in [0.1, 0.15) is 30.1 Å². The van der Waals surface area contributed by atoms with Gasteiger partial charge in [0.15, 0.2) is 0 Å². The number of anilines is 1. The Bertz CT molecular complexity index is 471. The van der Waals surface area contributed by atoms with Crippen molar-refractivity contribution in [2.75, 3.05) is 5.32 Å². The predicted molar refractivity (Wildman–Crippen MR) is 65.4 cm³/mol. The van der Waals surface area contributed by atoms with Gasteiger partial charge in [0.25, 0.3) is 0 Å². The van der Waals surface area contributed by atoms with E-state index in [0.717, 1.165) is 12.8 Å². The molecule has 1 fully saturated rings. The molecule has 0 radical (unpaired) electrons. The topological polar surface area (TPSA) is 91.3 Å². The third kappa shape index (κ3) is 2.97. The van der Waals surface area contributed by atoms with Gasteiger partial charge in [0.1, 0.15) is 6.04 Å². The second kappa shape index (κ2) is 5.03. The van der Waals surface area contributed by atoms with Crippen LogP contribution in [0.3, 0.4) is 0 Å². The Morgan fingerprint density at radius 1 is 1.50 bits per heavy atom. The van der Waals surface area contributed by atoms with Gasteiger partial charge in [0.2, 0.25) is 5.91 Å². The van der Waals surface area contributed by atoms with Crippen LogP contribution < -0.4 is 10.6 Å². The number of carboxylic acid groups (broad SMARTS) is 1. The van der Waals surface area contributed by atoms with Crippen LogP contribution >= 0.6 is 0 Å². The first-order valence-corrected chi connectivity index (χ1v) is 5.82. The van der Waals surface area contributed by atoms with Gasteiger partial charge in [-0.15, -0.1) is 0 Å². The molecule has 0 aliphatic heterocycles. The van der Waals surface area contributed by atoms with E-state index in [1.165, 1.54) is 18.5 Å². The molecule has 1 saturated carbocycles. The average molecular weight is 249 g/mol. The minimum atomic E-state index is -1.05. The molecule has 1 amide bonds. The summed E-state index contributed by atoms with van der Waals surface area (Å²) in [6, 6.07) is 1.19. The summed E-state index contributed by atoms with van der Waals surface area (Å²) in [6.45, 7) is 1.69. The van der Waals surface area contributed by atoms with Crippen molar-refractivity contribution in [1.82, 2.24) is 10.3 Å². The summed E-state index contributed by atoms with van der Waals surface area (Å²) in [5.41, 5.74) is 0.458. The summed E-state index contributed by atoms with van der Waals surface area (Å²) in [5, 5.41) is 14.7. The van der Waals surface area contributed by atoms with Gasteiger partial charge in [0.05, 0.1) is 17.4 Å². The molecule has 1 unspecified atom stereocenters. The van der Waals surface area contributed by atoms with Crippen molar-refractivity contribution in [3.63, 3.8) is 0 Å². The summed E-state index contributed by atoms with van der Waals surface area (Å²) in [4.78, 5) is 26.6. The summed E-state index contributed by atoms with van der Waals surface area (Å²) < 4.78 is 0. The number of carboxylic acids is 1. The average Bonchev–Trinajstić information content (AvgIpc) is 3.13. The molecule has 0 spiro atoms. The van der Waals surface area contributed by atoms with Gasteiger partial charge < -0.3 is 15.7 Å². The zero-order valence-corrected chi connectivity index (χ0v) is 10.0. The lowest BCUT2D eigenvalue weighted by Gasteiger charge is -2.16. The van der Waals surface area contributed by atoms with E-state index in [0.29, 0.717) is 5.69 Å². The molecule has 6 heteroatoms. The summed E-state index contributed by atoms with van der Waals surface area (Å²) >= 11 is 0. The quantitative estimate of drug-likeness (QED) is 0.720. The van der Waals surface area contributed by atoms with Crippen LogP contribution in [-0.4, -0.2) is 34.1 Å². The lowest BCUT2D eigenvalue weighted by atomic mass is 10.2. The van der Waals surface area contributed by atoms with E-state index >= 15 is 0 Å². The highest BCUT2D eigenvalue weighted by Gasteiger charge is 2.26. The number of hydrogen-bond acceptors (Lipinski definition) is 4. The Hall–Kier alpha value is -2.11. The maximum Gasteiger partial charge on any atom is 0.337 e. The molecule has 1 heterocycles. The van der Waals surface area contributed by atoms with Crippen molar-refractivity contribution < 1.29 is 14.7 Å². The van der Waals surface area contributed by atoms with Crippen molar-refractivity contribution in [2.45, 2.75) is 31.8 Å². The lowest BCUT2D eigenvalue weighted by molar-refractivity contribution is -0.121. The molecule has 0 saturated heterocycles. The van der Waals surface area contributed by atoms with Crippen molar-refractivity contribution in [3.05, 3.63) is 24.0 Å². The second-order valence-corrected chi connectivity index (χ2v) is 4.38. The molecule has 1 aliphatic carbocycles. The summed E-state index contributed by atoms with van der Waals surface area (Å²) in [6.07, 6.45) is 4.85. The molecule has 2 rings (SSSR count). The highest BCUT2D eigenvalue weighted by molar-refractivity contribution is 5.95. The predicted octanol–water partition coefficient (Wildman–Crippen LogP) is 0.859. The fourth-order valence-corrected chi connectivity index (χ4v) is 1.55. The Labute approximate surface area is 104 Å². The molecule has 3 N–H and O–H groups in total. The van der Waals surface area contributed by atoms with Gasteiger partial charge >= 0.3 is 5.97 Å². The first kappa shape index (κ1) is 12.3. The van der Waals surface area contributed by atoms with Gasteiger partial charge in [-0.1, -0.05) is 0 Å². The summed E-state index contributed by atoms with van der Waals surface area (Å²) in [5.74, 6) is -1.17. The van der Waals surface area contributed by atoms with Gasteiger partial charge in [0, 0.05) is 12.2 Å². The van der Waals surface area contributed by atoms with Crippen LogP contribution in [0.25, 0.3) is 0 Å². The van der Waals surface area contributed by atoms with Crippen LogP contribution in [0.4, 0.5) is 5.69 Å². The molecule has 1 aromatic rings. The minimum absolute atomic E-state index is 0.107. The number of hydrogen-bond donors (Lipinski definition) is 3. The first-order valence-electron chi connectivity index (χ1n) is 5.82. The Morgan fingerprint density at radius 2 is 2.22 bits per heavy atom. The van der Waals surface area contributed by atoms with Crippen LogP contribution in [0.15, 0.2) is 18.5 Å². The third-order valence-corrected chi connectivity index (χ3v) is 2.74. The van der Waals surface area contributed by atoms with Gasteiger partial charge in [-0.3, -0.25) is 9.78 Å². The van der Waals surface area contributed by atoms with Crippen molar-refractivity contribution in [3.8, 4) is 0 Å². The number of aromatic nitrogens is 1. The lowest BCUT2D eigenvalue weighted by Crippen LogP contribution is -2.39. The largest absolute Gasteiger partial charge is 0.478 e. The fourth-order valence-electron chi connectivity index (χ4n) is 1.55. The van der Waals surface area contributed by atoms with Crippen LogP contribution in [0, 0.1) is 0 Å². The van der Waals surface area contributed by atoms with E-state index in [1.54, 1.807) is 6.92 Å². The van der Waals surface area contributed by atoms with Crippen LogP contribution in [-0.2, 0) is 4.79 Å². The number of carbonyl (C=O) groups excluding carboxylic acids is 1. The Kier molecular flexibility index (Phi) is 3.45. The van der Waals surface area contributed by atoms with Gasteiger partial charge in [-0.2, -0.15) is 0 Å². The van der Waals surface area contributed by atoms with Crippen molar-refractivity contribution >= 4 is 17.6 Å². The second-order valence-electron chi connectivity index (χ2n) is 4.38. The summed E-state index contributed by atoms with van der Waals surface area (Å²) in [7, 11) is 0. The number of pyridine rings is 1. The molecule has 18 heavy (non-hydrogen) atoms. The molecule has 1 atom stereocenters. The third-order valence-electron chi connectivity index (χ3n) is 2.74. The standard InChI is InChI=1S/C12H15N3O3/c1-7(11(16)15-8-2-3-8)14-10-6-13-5-4-9(10)12(17)18/h4-8,14H,2-3H2,1H3,(H,15,16)(H,17,18). The van der Waals surface area contributed by atoms with E-state index < -0.39 is 12.0 Å². The SMILES string of the molecule is CC(Nc1cnccc1C(=O)O)C(=O)NC1CC1. The van der Waals surface area contributed by atoms with E-state index in [1.807, 2.05) is 0 Å². The number of carbonyl (C=O) groups is 2. The maximum absolute atomic E-state index is 11.7. The molecular weight excluding hydrogens is 234 g/mol. The van der Waals surface area contributed by atoms with Crippen molar-refractivity contribution in [1.29, 1.82) is 0 Å². The fraction of sp³-hybridized carbons (Fsp3) is 0.417. The zero-order chi connectivity index (χ0) is 13.1. The first-order chi connectivity index (χ1) is 8.58. The van der Waals surface area contributed by atoms with Gasteiger partial charge in [-0.05, 0) is 25.8 Å². The van der Waals surface area contributed by atoms with E-state index in [9.17, 15) is 9.59 Å². The Morgan fingerprint density at radius 3 is 2.83 bits per heavy atom. The van der Waals surface area contributed by atoms with E-state index in [4.69, 9.17) is 5.11 Å². The highest BCUT2D eigenvalue weighted by Crippen LogP contribution is 2.19. The van der Waals surface area contributed by atoms with E-state index in [-0.39, 0.29) is 17.5 Å². The molecule has 0 bridgehead atoms. The molecule has 6 nitrogen and oxygen atoms in total. The molecule has 1 aliphatic rings. The van der Waals surface area contributed by atoms with E-state index in [2.05, 4.69) is 15.6 Å². The number of aromatic carboxylic acids is 1. The molecule has 96 valence electrons. The number of amides is 1. The van der Waals surface area contributed by atoms with Crippen molar-refractivity contribution in [2.24, 2.45) is 0 Å². The monoisotopic (exact) mass is 249 g/mol. The molecule has 1 aromatic heterocycles. The maximum atomic E-state index is 11.7. The highest BCUT2D eigenvalue weighted by atomic mass is 16.4. The molecular formula is C12H15N3O3.